The molecule has 7 heteroatoms. The standard InChI is InChI=1S/C5H2BrClFNO2S/c6-3-1-2-9-5(8)4(3)12(7,10)11/h1-2H. The summed E-state index contributed by atoms with van der Waals surface area (Å²) in [5.74, 6) is -1.11. The fraction of sp³-hybridized carbons (Fsp3) is 0. The smallest absolute Gasteiger partial charge is 0.227 e. The van der Waals surface area contributed by atoms with Crippen LogP contribution in [0.4, 0.5) is 4.39 Å². The van der Waals surface area contributed by atoms with Gasteiger partial charge in [-0.2, -0.15) is 4.39 Å². The van der Waals surface area contributed by atoms with E-state index in [1.807, 2.05) is 0 Å². The van der Waals surface area contributed by atoms with Crippen molar-refractivity contribution in [1.29, 1.82) is 0 Å². The molecule has 0 fully saturated rings. The van der Waals surface area contributed by atoms with Crippen molar-refractivity contribution in [1.82, 2.24) is 4.98 Å². The molecule has 0 amide bonds. The van der Waals surface area contributed by atoms with E-state index in [0.717, 1.165) is 6.20 Å². The Morgan fingerprint density at radius 2 is 2.17 bits per heavy atom. The van der Waals surface area contributed by atoms with E-state index in [9.17, 15) is 12.8 Å². The fourth-order valence-corrected chi connectivity index (χ4v) is 2.81. The van der Waals surface area contributed by atoms with E-state index in [1.165, 1.54) is 6.07 Å². The Morgan fingerprint density at radius 1 is 1.58 bits per heavy atom. The highest BCUT2D eigenvalue weighted by Gasteiger charge is 2.20. The minimum Gasteiger partial charge on any atom is -0.227 e. The third kappa shape index (κ3) is 1.94. The van der Waals surface area contributed by atoms with Gasteiger partial charge in [-0.25, -0.2) is 13.4 Å². The number of hydrogen-bond donors (Lipinski definition) is 0. The molecule has 0 aromatic carbocycles. The van der Waals surface area contributed by atoms with Gasteiger partial charge in [0.05, 0.1) is 0 Å². The zero-order valence-corrected chi connectivity index (χ0v) is 8.62. The van der Waals surface area contributed by atoms with Crippen molar-refractivity contribution in [2.75, 3.05) is 0 Å². The summed E-state index contributed by atoms with van der Waals surface area (Å²) < 4.78 is 34.3. The van der Waals surface area contributed by atoms with Gasteiger partial charge in [0.2, 0.25) is 5.95 Å². The summed E-state index contributed by atoms with van der Waals surface area (Å²) >= 11 is 2.84. The molecule has 0 bridgehead atoms. The van der Waals surface area contributed by atoms with Gasteiger partial charge in [-0.15, -0.1) is 0 Å². The summed E-state index contributed by atoms with van der Waals surface area (Å²) in [7, 11) is 0.855. The lowest BCUT2D eigenvalue weighted by atomic mass is 10.5. The van der Waals surface area contributed by atoms with Crippen LogP contribution in [-0.4, -0.2) is 13.4 Å². The first kappa shape index (κ1) is 9.88. The average molecular weight is 274 g/mol. The molecule has 66 valence electrons. The number of halogens is 3. The number of nitrogens with zero attached hydrogens (tertiary/aromatic N) is 1. The van der Waals surface area contributed by atoms with Crippen LogP contribution < -0.4 is 0 Å². The first-order valence-corrected chi connectivity index (χ1v) is 5.78. The predicted octanol–water partition coefficient (Wildman–Crippen LogP) is 1.91. The van der Waals surface area contributed by atoms with Gasteiger partial charge in [-0.05, 0) is 22.0 Å². The van der Waals surface area contributed by atoms with Crippen LogP contribution in [0, 0.1) is 5.95 Å². The normalized spacial score (nSPS) is 11.6. The average Bonchev–Trinajstić information content (AvgIpc) is 1.82. The van der Waals surface area contributed by atoms with Crippen molar-refractivity contribution in [2.45, 2.75) is 4.90 Å². The molecular formula is C5H2BrClFNO2S. The van der Waals surface area contributed by atoms with Crippen LogP contribution in [0.15, 0.2) is 21.6 Å². The van der Waals surface area contributed by atoms with Gasteiger partial charge in [0.1, 0.15) is 0 Å². The van der Waals surface area contributed by atoms with Gasteiger partial charge < -0.3 is 0 Å². The Morgan fingerprint density at radius 3 is 2.50 bits per heavy atom. The Balaban J connectivity index is 3.53. The molecule has 0 aliphatic heterocycles. The topological polar surface area (TPSA) is 47.0 Å². The van der Waals surface area contributed by atoms with Crippen LogP contribution in [0.3, 0.4) is 0 Å². The lowest BCUT2D eigenvalue weighted by Crippen LogP contribution is -1.98. The van der Waals surface area contributed by atoms with E-state index in [2.05, 4.69) is 20.9 Å². The van der Waals surface area contributed by atoms with Crippen molar-refractivity contribution >= 4 is 35.7 Å². The molecular weight excluding hydrogens is 272 g/mol. The van der Waals surface area contributed by atoms with Crippen LogP contribution in [0.5, 0.6) is 0 Å². The first-order valence-electron chi connectivity index (χ1n) is 2.67. The molecule has 1 aromatic rings. The molecule has 0 aliphatic rings. The SMILES string of the molecule is O=S(=O)(Cl)c1c(Br)ccnc1F. The molecule has 12 heavy (non-hydrogen) atoms. The van der Waals surface area contributed by atoms with E-state index in [1.54, 1.807) is 0 Å². The second-order valence-electron chi connectivity index (χ2n) is 1.85. The molecule has 3 nitrogen and oxygen atoms in total. The molecule has 0 saturated heterocycles. The molecule has 0 spiro atoms. The maximum absolute atomic E-state index is 12.7. The van der Waals surface area contributed by atoms with E-state index < -0.39 is 19.9 Å². The Hall–Kier alpha value is -0.200. The number of pyridine rings is 1. The van der Waals surface area contributed by atoms with Crippen LogP contribution in [-0.2, 0) is 9.05 Å². The summed E-state index contributed by atoms with van der Waals surface area (Å²) in [6.45, 7) is 0. The van der Waals surface area contributed by atoms with Crippen molar-refractivity contribution < 1.29 is 12.8 Å². The Kier molecular flexibility index (Phi) is 2.70. The van der Waals surface area contributed by atoms with Crippen LogP contribution in [0.25, 0.3) is 0 Å². The van der Waals surface area contributed by atoms with E-state index in [0.29, 0.717) is 0 Å². The second-order valence-corrected chi connectivity index (χ2v) is 5.21. The molecule has 0 radical (unpaired) electrons. The summed E-state index contributed by atoms with van der Waals surface area (Å²) in [6.07, 6.45) is 1.13. The minimum atomic E-state index is -4.08. The van der Waals surface area contributed by atoms with Gasteiger partial charge in [0.25, 0.3) is 9.05 Å². The van der Waals surface area contributed by atoms with Gasteiger partial charge in [0.15, 0.2) is 4.90 Å². The zero-order chi connectivity index (χ0) is 9.35. The third-order valence-corrected chi connectivity index (χ3v) is 3.32. The maximum atomic E-state index is 12.7. The highest BCUT2D eigenvalue weighted by molar-refractivity contribution is 9.10. The molecule has 1 rings (SSSR count). The van der Waals surface area contributed by atoms with Crippen molar-refractivity contribution in [3.8, 4) is 0 Å². The summed E-state index contributed by atoms with van der Waals surface area (Å²) in [6, 6.07) is 1.29. The van der Waals surface area contributed by atoms with E-state index >= 15 is 0 Å². The van der Waals surface area contributed by atoms with Gasteiger partial charge in [0, 0.05) is 21.4 Å². The zero-order valence-electron chi connectivity index (χ0n) is 5.46. The van der Waals surface area contributed by atoms with Crippen molar-refractivity contribution in [3.05, 3.63) is 22.7 Å². The number of aromatic nitrogens is 1. The quantitative estimate of drug-likeness (QED) is 0.580. The highest BCUT2D eigenvalue weighted by atomic mass is 79.9. The largest absolute Gasteiger partial charge is 0.266 e. The van der Waals surface area contributed by atoms with Gasteiger partial charge >= 0.3 is 0 Å². The molecule has 0 aliphatic carbocycles. The summed E-state index contributed by atoms with van der Waals surface area (Å²) in [4.78, 5) is 2.51. The molecule has 0 unspecified atom stereocenters. The van der Waals surface area contributed by atoms with Crippen LogP contribution >= 0.6 is 26.6 Å². The first-order chi connectivity index (χ1) is 5.43. The fourth-order valence-electron chi connectivity index (χ4n) is 0.618. The minimum absolute atomic E-state index is 0.0602. The Bertz CT molecular complexity index is 388. The molecule has 1 heterocycles. The summed E-state index contributed by atoms with van der Waals surface area (Å²) in [5.41, 5.74) is 0. The number of hydrogen-bond acceptors (Lipinski definition) is 3. The number of rotatable bonds is 1. The van der Waals surface area contributed by atoms with E-state index in [-0.39, 0.29) is 4.47 Å². The van der Waals surface area contributed by atoms with Gasteiger partial charge in [-0.1, -0.05) is 0 Å². The Labute approximate surface area is 81.1 Å². The second kappa shape index (κ2) is 3.27. The molecule has 0 atom stereocenters. The highest BCUT2D eigenvalue weighted by Crippen LogP contribution is 2.25. The van der Waals surface area contributed by atoms with Crippen LogP contribution in [0.2, 0.25) is 0 Å². The predicted molar refractivity (Wildman–Crippen MR) is 44.9 cm³/mol. The molecule has 0 saturated carbocycles. The molecule has 1 aromatic heterocycles. The van der Waals surface area contributed by atoms with Gasteiger partial charge in [-0.3, -0.25) is 0 Å². The van der Waals surface area contributed by atoms with E-state index in [4.69, 9.17) is 10.7 Å². The van der Waals surface area contributed by atoms with Crippen molar-refractivity contribution in [3.63, 3.8) is 0 Å². The third-order valence-electron chi connectivity index (χ3n) is 1.06. The lowest BCUT2D eigenvalue weighted by molar-refractivity contribution is 0.541. The summed E-state index contributed by atoms with van der Waals surface area (Å²) in [5, 5.41) is 0. The lowest BCUT2D eigenvalue weighted by Gasteiger charge is -1.98. The van der Waals surface area contributed by atoms with Crippen molar-refractivity contribution in [2.24, 2.45) is 0 Å². The monoisotopic (exact) mass is 273 g/mol. The van der Waals surface area contributed by atoms with Crippen LogP contribution in [0.1, 0.15) is 0 Å². The maximum Gasteiger partial charge on any atom is 0.266 e. The molecule has 0 N–H and O–H groups in total.